The second-order valence-electron chi connectivity index (χ2n) is 5.14. The Balaban J connectivity index is 1.62. The maximum absolute atomic E-state index is 3.29. The Morgan fingerprint density at radius 1 is 1.31 bits per heavy atom. The SMILES string of the molecule is CNC[C@H]1C[C@@H]1CN1CCc2ccccc21. The fourth-order valence-corrected chi connectivity index (χ4v) is 2.93. The predicted octanol–water partition coefficient (Wildman–Crippen LogP) is 1.90. The summed E-state index contributed by atoms with van der Waals surface area (Å²) in [6, 6.07) is 8.86. The largest absolute Gasteiger partial charge is 0.371 e. The third-order valence-electron chi connectivity index (χ3n) is 3.97. The lowest BCUT2D eigenvalue weighted by Crippen LogP contribution is -2.24. The molecule has 0 saturated heterocycles. The van der Waals surface area contributed by atoms with Gasteiger partial charge in [-0.25, -0.2) is 0 Å². The van der Waals surface area contributed by atoms with Crippen molar-refractivity contribution in [2.24, 2.45) is 11.8 Å². The molecule has 0 spiro atoms. The van der Waals surface area contributed by atoms with Gasteiger partial charge in [-0.1, -0.05) is 18.2 Å². The monoisotopic (exact) mass is 216 g/mol. The fourth-order valence-electron chi connectivity index (χ4n) is 2.93. The number of rotatable bonds is 4. The van der Waals surface area contributed by atoms with Crippen LogP contribution in [0, 0.1) is 11.8 Å². The Hall–Kier alpha value is -1.02. The van der Waals surface area contributed by atoms with Crippen LogP contribution in [0.25, 0.3) is 0 Å². The van der Waals surface area contributed by atoms with E-state index in [2.05, 4.69) is 41.5 Å². The van der Waals surface area contributed by atoms with E-state index in [9.17, 15) is 0 Å². The number of hydrogen-bond donors (Lipinski definition) is 1. The van der Waals surface area contributed by atoms with Crippen molar-refractivity contribution in [3.05, 3.63) is 29.8 Å². The highest BCUT2D eigenvalue weighted by atomic mass is 15.2. The van der Waals surface area contributed by atoms with E-state index in [4.69, 9.17) is 0 Å². The lowest BCUT2D eigenvalue weighted by atomic mass is 10.2. The summed E-state index contributed by atoms with van der Waals surface area (Å²) in [7, 11) is 2.06. The van der Waals surface area contributed by atoms with Gasteiger partial charge >= 0.3 is 0 Å². The zero-order valence-corrected chi connectivity index (χ0v) is 9.95. The summed E-state index contributed by atoms with van der Waals surface area (Å²) >= 11 is 0. The number of anilines is 1. The summed E-state index contributed by atoms with van der Waals surface area (Å²) in [4.78, 5) is 2.58. The maximum Gasteiger partial charge on any atom is 0.0399 e. The molecule has 2 heteroatoms. The van der Waals surface area contributed by atoms with Crippen LogP contribution in [0.4, 0.5) is 5.69 Å². The Labute approximate surface area is 97.6 Å². The van der Waals surface area contributed by atoms with E-state index in [1.165, 1.54) is 43.7 Å². The topological polar surface area (TPSA) is 15.3 Å². The Morgan fingerprint density at radius 2 is 2.19 bits per heavy atom. The molecular formula is C14H20N2. The van der Waals surface area contributed by atoms with Gasteiger partial charge in [-0.2, -0.15) is 0 Å². The minimum absolute atomic E-state index is 0.928. The minimum Gasteiger partial charge on any atom is -0.371 e. The van der Waals surface area contributed by atoms with Crippen LogP contribution in [-0.4, -0.2) is 26.7 Å². The second-order valence-corrected chi connectivity index (χ2v) is 5.14. The molecule has 86 valence electrons. The van der Waals surface area contributed by atoms with Gasteiger partial charge in [-0.05, 0) is 49.9 Å². The molecule has 2 atom stereocenters. The number of benzene rings is 1. The van der Waals surface area contributed by atoms with Crippen molar-refractivity contribution in [2.45, 2.75) is 12.8 Å². The number of fused-ring (bicyclic) bond motifs is 1. The van der Waals surface area contributed by atoms with Crippen LogP contribution in [-0.2, 0) is 6.42 Å². The Bertz CT molecular complexity index is 375. The number of hydrogen-bond acceptors (Lipinski definition) is 2. The maximum atomic E-state index is 3.29. The average molecular weight is 216 g/mol. The first kappa shape index (κ1) is 10.2. The van der Waals surface area contributed by atoms with Crippen LogP contribution in [0.3, 0.4) is 0 Å². The number of nitrogens with zero attached hydrogens (tertiary/aromatic N) is 1. The molecular weight excluding hydrogens is 196 g/mol. The highest BCUT2D eigenvalue weighted by Gasteiger charge is 2.38. The molecule has 1 heterocycles. The van der Waals surface area contributed by atoms with Gasteiger partial charge in [-0.3, -0.25) is 0 Å². The van der Waals surface area contributed by atoms with Gasteiger partial charge in [0.15, 0.2) is 0 Å². The number of nitrogens with one attached hydrogen (secondary N) is 1. The molecule has 3 rings (SSSR count). The fraction of sp³-hybridized carbons (Fsp3) is 0.571. The lowest BCUT2D eigenvalue weighted by molar-refractivity contribution is 0.631. The highest BCUT2D eigenvalue weighted by Crippen LogP contribution is 2.40. The molecule has 1 aromatic rings. The van der Waals surface area contributed by atoms with E-state index >= 15 is 0 Å². The first-order valence-electron chi connectivity index (χ1n) is 6.36. The van der Waals surface area contributed by atoms with E-state index in [0.29, 0.717) is 0 Å². The van der Waals surface area contributed by atoms with Crippen molar-refractivity contribution in [1.29, 1.82) is 0 Å². The summed E-state index contributed by atoms with van der Waals surface area (Å²) in [5.41, 5.74) is 3.02. The average Bonchev–Trinajstić information content (AvgIpc) is 2.89. The quantitative estimate of drug-likeness (QED) is 0.827. The normalized spacial score (nSPS) is 26.9. The van der Waals surface area contributed by atoms with Crippen molar-refractivity contribution in [3.63, 3.8) is 0 Å². The zero-order valence-electron chi connectivity index (χ0n) is 9.95. The van der Waals surface area contributed by atoms with E-state index in [1.54, 1.807) is 0 Å². The van der Waals surface area contributed by atoms with Gasteiger partial charge in [0, 0.05) is 18.8 Å². The van der Waals surface area contributed by atoms with Crippen molar-refractivity contribution in [3.8, 4) is 0 Å². The molecule has 16 heavy (non-hydrogen) atoms. The number of para-hydroxylation sites is 1. The van der Waals surface area contributed by atoms with Crippen LogP contribution in [0.1, 0.15) is 12.0 Å². The summed E-state index contributed by atoms with van der Waals surface area (Å²) in [6.07, 6.45) is 2.65. The summed E-state index contributed by atoms with van der Waals surface area (Å²) in [6.45, 7) is 3.69. The van der Waals surface area contributed by atoms with Crippen molar-refractivity contribution in [2.75, 3.05) is 31.6 Å². The van der Waals surface area contributed by atoms with Crippen molar-refractivity contribution in [1.82, 2.24) is 5.32 Å². The molecule has 2 nitrogen and oxygen atoms in total. The third-order valence-corrected chi connectivity index (χ3v) is 3.97. The van der Waals surface area contributed by atoms with Crippen molar-refractivity contribution >= 4 is 5.69 Å². The zero-order chi connectivity index (χ0) is 11.0. The van der Waals surface area contributed by atoms with Crippen LogP contribution in [0.2, 0.25) is 0 Å². The molecule has 2 aliphatic rings. The van der Waals surface area contributed by atoms with Gasteiger partial charge in [0.2, 0.25) is 0 Å². The molecule has 0 unspecified atom stereocenters. The Kier molecular flexibility index (Phi) is 2.60. The standard InChI is InChI=1S/C14H20N2/c1-15-9-12-8-13(12)10-16-7-6-11-4-2-3-5-14(11)16/h2-5,12-13,15H,6-10H2,1H3/t12-,13-/m1/s1. The van der Waals surface area contributed by atoms with Gasteiger partial charge in [-0.15, -0.1) is 0 Å². The van der Waals surface area contributed by atoms with E-state index in [1.807, 2.05) is 0 Å². The van der Waals surface area contributed by atoms with Gasteiger partial charge in [0.05, 0.1) is 0 Å². The molecule has 1 aromatic carbocycles. The van der Waals surface area contributed by atoms with Crippen LogP contribution in [0.5, 0.6) is 0 Å². The van der Waals surface area contributed by atoms with Gasteiger partial charge in [0.25, 0.3) is 0 Å². The van der Waals surface area contributed by atoms with Gasteiger partial charge in [0.1, 0.15) is 0 Å². The smallest absolute Gasteiger partial charge is 0.0399 e. The minimum atomic E-state index is 0.928. The molecule has 0 radical (unpaired) electrons. The lowest BCUT2D eigenvalue weighted by Gasteiger charge is -2.19. The van der Waals surface area contributed by atoms with Crippen LogP contribution >= 0.6 is 0 Å². The van der Waals surface area contributed by atoms with Crippen LogP contribution in [0.15, 0.2) is 24.3 Å². The first-order chi connectivity index (χ1) is 7.88. The molecule has 1 aliphatic carbocycles. The summed E-state index contributed by atoms with van der Waals surface area (Å²) < 4.78 is 0. The van der Waals surface area contributed by atoms with E-state index < -0.39 is 0 Å². The predicted molar refractivity (Wildman–Crippen MR) is 67.9 cm³/mol. The van der Waals surface area contributed by atoms with E-state index in [-0.39, 0.29) is 0 Å². The highest BCUT2D eigenvalue weighted by molar-refractivity contribution is 5.57. The first-order valence-corrected chi connectivity index (χ1v) is 6.36. The molecule has 1 N–H and O–H groups in total. The summed E-state index contributed by atoms with van der Waals surface area (Å²) in [5, 5.41) is 3.29. The molecule has 1 fully saturated rings. The van der Waals surface area contributed by atoms with Crippen LogP contribution < -0.4 is 10.2 Å². The Morgan fingerprint density at radius 3 is 3.06 bits per heavy atom. The third kappa shape index (κ3) is 1.82. The van der Waals surface area contributed by atoms with E-state index in [0.717, 1.165) is 11.8 Å². The molecule has 0 amide bonds. The second kappa shape index (κ2) is 4.10. The molecule has 1 saturated carbocycles. The molecule has 0 aromatic heterocycles. The molecule has 0 bridgehead atoms. The molecule has 1 aliphatic heterocycles. The summed E-state index contributed by atoms with van der Waals surface area (Å²) in [5.74, 6) is 1.86. The van der Waals surface area contributed by atoms with Gasteiger partial charge < -0.3 is 10.2 Å². The van der Waals surface area contributed by atoms with Crippen molar-refractivity contribution < 1.29 is 0 Å².